The second-order valence-corrected chi connectivity index (χ2v) is 5.15. The molecule has 0 atom stereocenters. The van der Waals surface area contributed by atoms with E-state index in [1.165, 1.54) is 5.56 Å². The van der Waals surface area contributed by atoms with Crippen LogP contribution in [0.5, 0.6) is 0 Å². The lowest BCUT2D eigenvalue weighted by atomic mass is 10.2. The average Bonchev–Trinajstić information content (AvgIpc) is 2.21. The van der Waals surface area contributed by atoms with Crippen LogP contribution in [0.3, 0.4) is 0 Å². The maximum Gasteiger partial charge on any atom is 0.0870 e. The molecule has 1 aromatic rings. The highest BCUT2D eigenvalue weighted by Crippen LogP contribution is 2.17. The van der Waals surface area contributed by atoms with Crippen LogP contribution in [0.2, 0.25) is 0 Å². The summed E-state index contributed by atoms with van der Waals surface area (Å²) in [6.07, 6.45) is 1.10. The number of nitrogens with zero attached hydrogens (tertiary/aromatic N) is 1. The monoisotopic (exact) mass is 300 g/mol. The molecule has 1 rings (SSSR count). The summed E-state index contributed by atoms with van der Waals surface area (Å²) in [6, 6.07) is 8.24. The van der Waals surface area contributed by atoms with E-state index in [0.29, 0.717) is 11.5 Å². The number of nitrogens with two attached hydrogens (primary N) is 1. The molecule has 0 aliphatic heterocycles. The van der Waals surface area contributed by atoms with E-state index in [2.05, 4.69) is 39.9 Å². The molecule has 0 aromatic heterocycles. The SMILES string of the molecule is CCCN(CC(N)=S)Cc1ccccc1Br. The predicted octanol–water partition coefficient (Wildman–Crippen LogP) is 2.95. The van der Waals surface area contributed by atoms with E-state index >= 15 is 0 Å². The minimum Gasteiger partial charge on any atom is -0.392 e. The zero-order chi connectivity index (χ0) is 12.0. The maximum atomic E-state index is 5.59. The van der Waals surface area contributed by atoms with Gasteiger partial charge in [-0.3, -0.25) is 4.90 Å². The van der Waals surface area contributed by atoms with Gasteiger partial charge in [0.05, 0.1) is 4.99 Å². The summed E-state index contributed by atoms with van der Waals surface area (Å²) in [5.41, 5.74) is 6.86. The fourth-order valence-corrected chi connectivity index (χ4v) is 2.21. The maximum absolute atomic E-state index is 5.59. The Kier molecular flexibility index (Phi) is 5.95. The van der Waals surface area contributed by atoms with E-state index < -0.39 is 0 Å². The van der Waals surface area contributed by atoms with E-state index in [4.69, 9.17) is 18.0 Å². The van der Waals surface area contributed by atoms with Crippen LogP contribution in [-0.4, -0.2) is 23.0 Å². The third kappa shape index (κ3) is 4.60. The van der Waals surface area contributed by atoms with Crippen LogP contribution < -0.4 is 5.73 Å². The summed E-state index contributed by atoms with van der Waals surface area (Å²) in [5, 5.41) is 0. The highest BCUT2D eigenvalue weighted by Gasteiger charge is 2.08. The van der Waals surface area contributed by atoms with Gasteiger partial charge in [0, 0.05) is 17.6 Å². The molecule has 4 heteroatoms. The standard InChI is InChI=1S/C12H17BrN2S/c1-2-7-15(9-12(14)16)8-10-5-3-4-6-11(10)13/h3-6H,2,7-9H2,1H3,(H2,14,16). The molecule has 0 heterocycles. The number of thiocarbonyl (C=S) groups is 1. The molecule has 88 valence electrons. The summed E-state index contributed by atoms with van der Waals surface area (Å²) in [6.45, 7) is 4.74. The van der Waals surface area contributed by atoms with Crippen LogP contribution in [0.1, 0.15) is 18.9 Å². The van der Waals surface area contributed by atoms with Gasteiger partial charge in [-0.1, -0.05) is 53.3 Å². The molecule has 0 aliphatic carbocycles. The third-order valence-corrected chi connectivity index (χ3v) is 3.17. The Morgan fingerprint density at radius 1 is 1.44 bits per heavy atom. The number of rotatable bonds is 6. The number of hydrogen-bond acceptors (Lipinski definition) is 2. The van der Waals surface area contributed by atoms with Crippen molar-refractivity contribution in [1.29, 1.82) is 0 Å². The van der Waals surface area contributed by atoms with Crippen LogP contribution in [0.15, 0.2) is 28.7 Å². The second-order valence-electron chi connectivity index (χ2n) is 3.77. The highest BCUT2D eigenvalue weighted by molar-refractivity contribution is 9.10. The van der Waals surface area contributed by atoms with Gasteiger partial charge in [-0.25, -0.2) is 0 Å². The van der Waals surface area contributed by atoms with Crippen LogP contribution in [0, 0.1) is 0 Å². The van der Waals surface area contributed by atoms with Crippen LogP contribution in [0.4, 0.5) is 0 Å². The van der Waals surface area contributed by atoms with E-state index in [1.54, 1.807) is 0 Å². The van der Waals surface area contributed by atoms with Gasteiger partial charge in [0.15, 0.2) is 0 Å². The minimum atomic E-state index is 0.556. The summed E-state index contributed by atoms with van der Waals surface area (Å²) < 4.78 is 1.14. The van der Waals surface area contributed by atoms with Crippen molar-refractivity contribution in [3.63, 3.8) is 0 Å². The van der Waals surface area contributed by atoms with Crippen LogP contribution in [-0.2, 0) is 6.54 Å². The molecule has 16 heavy (non-hydrogen) atoms. The summed E-state index contributed by atoms with van der Waals surface area (Å²) in [5.74, 6) is 0. The van der Waals surface area contributed by atoms with Gasteiger partial charge in [0.25, 0.3) is 0 Å². The Morgan fingerprint density at radius 3 is 2.69 bits per heavy atom. The highest BCUT2D eigenvalue weighted by atomic mass is 79.9. The first-order valence-corrected chi connectivity index (χ1v) is 6.57. The molecule has 0 aliphatic rings. The van der Waals surface area contributed by atoms with Crippen molar-refractivity contribution >= 4 is 33.1 Å². The van der Waals surface area contributed by atoms with Crippen molar-refractivity contribution in [2.24, 2.45) is 5.73 Å². The van der Waals surface area contributed by atoms with Crippen molar-refractivity contribution in [2.75, 3.05) is 13.1 Å². The molecule has 0 amide bonds. The van der Waals surface area contributed by atoms with Crippen LogP contribution >= 0.6 is 28.1 Å². The summed E-state index contributed by atoms with van der Waals surface area (Å²) in [7, 11) is 0. The Bertz CT molecular complexity index is 355. The van der Waals surface area contributed by atoms with E-state index in [1.807, 2.05) is 12.1 Å². The molecule has 0 bridgehead atoms. The Morgan fingerprint density at radius 2 is 2.12 bits per heavy atom. The van der Waals surface area contributed by atoms with Gasteiger partial charge in [-0.2, -0.15) is 0 Å². The van der Waals surface area contributed by atoms with Gasteiger partial charge >= 0.3 is 0 Å². The first kappa shape index (κ1) is 13.6. The minimum absolute atomic E-state index is 0.556. The molecule has 2 nitrogen and oxygen atoms in total. The van der Waals surface area contributed by atoms with Gasteiger partial charge in [0.1, 0.15) is 0 Å². The van der Waals surface area contributed by atoms with E-state index in [0.717, 1.165) is 24.0 Å². The molecule has 0 saturated carbocycles. The average molecular weight is 301 g/mol. The molecule has 0 fully saturated rings. The van der Waals surface area contributed by atoms with E-state index in [-0.39, 0.29) is 0 Å². The number of hydrogen-bond donors (Lipinski definition) is 1. The fraction of sp³-hybridized carbons (Fsp3) is 0.417. The summed E-state index contributed by atoms with van der Waals surface area (Å²) >= 11 is 8.51. The van der Waals surface area contributed by atoms with Crippen molar-refractivity contribution < 1.29 is 0 Å². The topological polar surface area (TPSA) is 29.3 Å². The Labute approximate surface area is 111 Å². The quantitative estimate of drug-likeness (QED) is 0.819. The molecule has 0 radical (unpaired) electrons. The Hall–Kier alpha value is -0.450. The third-order valence-electron chi connectivity index (χ3n) is 2.27. The number of halogens is 1. The van der Waals surface area contributed by atoms with Crippen LogP contribution in [0.25, 0.3) is 0 Å². The normalized spacial score (nSPS) is 10.7. The van der Waals surface area contributed by atoms with Crippen molar-refractivity contribution in [2.45, 2.75) is 19.9 Å². The number of benzene rings is 1. The fourth-order valence-electron chi connectivity index (χ4n) is 1.62. The lowest BCUT2D eigenvalue weighted by Gasteiger charge is -2.21. The largest absolute Gasteiger partial charge is 0.392 e. The lowest BCUT2D eigenvalue weighted by molar-refractivity contribution is 0.304. The van der Waals surface area contributed by atoms with E-state index in [9.17, 15) is 0 Å². The lowest BCUT2D eigenvalue weighted by Crippen LogP contribution is -2.33. The molecule has 0 unspecified atom stereocenters. The molecular formula is C12H17BrN2S. The van der Waals surface area contributed by atoms with Gasteiger partial charge in [-0.15, -0.1) is 0 Å². The molecule has 2 N–H and O–H groups in total. The molecule has 0 spiro atoms. The first-order valence-electron chi connectivity index (χ1n) is 5.37. The van der Waals surface area contributed by atoms with Crippen molar-refractivity contribution in [3.05, 3.63) is 34.3 Å². The van der Waals surface area contributed by atoms with Crippen molar-refractivity contribution in [3.8, 4) is 0 Å². The second kappa shape index (κ2) is 6.99. The van der Waals surface area contributed by atoms with Gasteiger partial charge in [0.2, 0.25) is 0 Å². The molecular weight excluding hydrogens is 284 g/mol. The molecule has 1 aromatic carbocycles. The Balaban J connectivity index is 2.67. The summed E-state index contributed by atoms with van der Waals surface area (Å²) in [4.78, 5) is 2.82. The molecule has 0 saturated heterocycles. The van der Waals surface area contributed by atoms with Gasteiger partial charge < -0.3 is 5.73 Å². The first-order chi connectivity index (χ1) is 7.63. The predicted molar refractivity (Wildman–Crippen MR) is 76.5 cm³/mol. The zero-order valence-corrected chi connectivity index (χ0v) is 11.9. The van der Waals surface area contributed by atoms with Gasteiger partial charge in [-0.05, 0) is 24.6 Å². The smallest absolute Gasteiger partial charge is 0.0870 e. The van der Waals surface area contributed by atoms with Crippen molar-refractivity contribution in [1.82, 2.24) is 4.90 Å². The zero-order valence-electron chi connectivity index (χ0n) is 9.45.